The van der Waals surface area contributed by atoms with Gasteiger partial charge in [0.1, 0.15) is 0 Å². The summed E-state index contributed by atoms with van der Waals surface area (Å²) < 4.78 is 1.08. The summed E-state index contributed by atoms with van der Waals surface area (Å²) in [6.07, 6.45) is 23.3. The van der Waals surface area contributed by atoms with E-state index in [0.29, 0.717) is 6.61 Å². The second kappa shape index (κ2) is 20.6. The molecule has 0 aliphatic carbocycles. The summed E-state index contributed by atoms with van der Waals surface area (Å²) >= 11 is 0. The Morgan fingerprint density at radius 1 is 0.481 bits per heavy atom. The monoisotopic (exact) mass is 385 g/mol. The highest BCUT2D eigenvalue weighted by molar-refractivity contribution is 4.52. The van der Waals surface area contributed by atoms with Gasteiger partial charge in [-0.15, -0.1) is 0 Å². The number of aliphatic hydroxyl groups excluding tert-OH is 1. The summed E-state index contributed by atoms with van der Waals surface area (Å²) in [5, 5.41) is 12.3. The number of hydrogen-bond donors (Lipinski definition) is 2. The van der Waals surface area contributed by atoms with Crippen LogP contribution in [-0.2, 0) is 0 Å². The molecule has 0 aromatic carbocycles. The lowest BCUT2D eigenvalue weighted by molar-refractivity contribution is -0.870. The number of nitrogens with one attached hydrogen (secondary N) is 1. The zero-order chi connectivity index (χ0) is 20.1. The van der Waals surface area contributed by atoms with Crippen LogP contribution in [0.15, 0.2) is 0 Å². The van der Waals surface area contributed by atoms with Crippen LogP contribution in [0.4, 0.5) is 0 Å². The lowest BCUT2D eigenvalue weighted by Gasteiger charge is -2.23. The van der Waals surface area contributed by atoms with Gasteiger partial charge in [0, 0.05) is 19.6 Å². The average Bonchev–Trinajstić information content (AvgIpc) is 2.62. The first-order chi connectivity index (χ1) is 13.1. The third-order valence-corrected chi connectivity index (χ3v) is 5.44. The molecule has 3 nitrogen and oxygen atoms in total. The zero-order valence-electron chi connectivity index (χ0n) is 19.2. The first-order valence-corrected chi connectivity index (χ1v) is 12.2. The van der Waals surface area contributed by atoms with Crippen molar-refractivity contribution in [3.05, 3.63) is 0 Å². The normalized spacial score (nSPS) is 12.0. The van der Waals surface area contributed by atoms with E-state index in [1.54, 1.807) is 0 Å². The van der Waals surface area contributed by atoms with Crippen molar-refractivity contribution in [1.82, 2.24) is 5.32 Å². The van der Waals surface area contributed by atoms with E-state index in [1.807, 2.05) is 0 Å². The van der Waals surface area contributed by atoms with Crippen LogP contribution < -0.4 is 5.32 Å². The molecule has 0 aromatic rings. The van der Waals surface area contributed by atoms with E-state index < -0.39 is 0 Å². The predicted octanol–water partition coefficient (Wildman–Crippen LogP) is 5.91. The lowest BCUT2D eigenvalue weighted by atomic mass is 10.0. The maximum Gasteiger partial charge on any atom is 0.0792 e. The first kappa shape index (κ1) is 26.9. The molecule has 3 heteroatoms. The maximum absolute atomic E-state index is 8.74. The van der Waals surface area contributed by atoms with Crippen molar-refractivity contribution in [3.8, 4) is 0 Å². The van der Waals surface area contributed by atoms with E-state index in [4.69, 9.17) is 5.11 Å². The summed E-state index contributed by atoms with van der Waals surface area (Å²) in [5.74, 6) is 0. The van der Waals surface area contributed by atoms with E-state index >= 15 is 0 Å². The summed E-state index contributed by atoms with van der Waals surface area (Å²) in [4.78, 5) is 0. The molecule has 0 aliphatic rings. The maximum atomic E-state index is 8.74. The van der Waals surface area contributed by atoms with E-state index in [9.17, 15) is 0 Å². The quantitative estimate of drug-likeness (QED) is 0.179. The molecule has 0 spiro atoms. The molecule has 0 unspecified atom stereocenters. The van der Waals surface area contributed by atoms with Gasteiger partial charge in [-0.25, -0.2) is 0 Å². The fourth-order valence-corrected chi connectivity index (χ4v) is 3.64. The Kier molecular flexibility index (Phi) is 20.5. The van der Waals surface area contributed by atoms with Crippen molar-refractivity contribution in [2.75, 3.05) is 47.4 Å². The number of unbranched alkanes of at least 4 members (excludes halogenated alkanes) is 15. The minimum atomic E-state index is 0.370. The molecule has 0 aliphatic heterocycles. The minimum Gasteiger partial charge on any atom is -0.396 e. The van der Waals surface area contributed by atoms with Crippen LogP contribution in [0.5, 0.6) is 0 Å². The highest BCUT2D eigenvalue weighted by Gasteiger charge is 2.04. The smallest absolute Gasteiger partial charge is 0.0792 e. The number of rotatable bonds is 22. The van der Waals surface area contributed by atoms with E-state index in [1.165, 1.54) is 122 Å². The largest absolute Gasteiger partial charge is 0.396 e. The fraction of sp³-hybridized carbons (Fsp3) is 1.00. The van der Waals surface area contributed by atoms with Crippen LogP contribution in [-0.4, -0.2) is 57.0 Å². The van der Waals surface area contributed by atoms with Gasteiger partial charge in [0.05, 0.1) is 27.7 Å². The summed E-state index contributed by atoms with van der Waals surface area (Å²) in [6.45, 7) is 4.02. The Hall–Kier alpha value is -0.120. The molecule has 0 atom stereocenters. The molecule has 0 rings (SSSR count). The molecule has 27 heavy (non-hydrogen) atoms. The van der Waals surface area contributed by atoms with Gasteiger partial charge in [-0.1, -0.05) is 89.9 Å². The van der Waals surface area contributed by atoms with Crippen LogP contribution >= 0.6 is 0 Å². The van der Waals surface area contributed by atoms with E-state index in [2.05, 4.69) is 26.5 Å². The SMILES string of the molecule is C[N+](C)(C)CCCNCCCCCCCCCCCCCCCCCCO. The highest BCUT2D eigenvalue weighted by Crippen LogP contribution is 2.13. The van der Waals surface area contributed by atoms with Gasteiger partial charge >= 0.3 is 0 Å². The van der Waals surface area contributed by atoms with Gasteiger partial charge in [-0.05, 0) is 19.4 Å². The Labute approximate surface area is 171 Å². The molecule has 0 saturated heterocycles. The number of quaternary nitrogens is 1. The van der Waals surface area contributed by atoms with Crippen LogP contribution in [0.1, 0.15) is 109 Å². The second-order valence-electron chi connectivity index (χ2n) is 9.50. The number of hydrogen-bond acceptors (Lipinski definition) is 2. The van der Waals surface area contributed by atoms with Crippen LogP contribution in [0.25, 0.3) is 0 Å². The van der Waals surface area contributed by atoms with Crippen molar-refractivity contribution in [2.45, 2.75) is 109 Å². The van der Waals surface area contributed by atoms with Crippen molar-refractivity contribution in [2.24, 2.45) is 0 Å². The number of nitrogens with zero attached hydrogens (tertiary/aromatic N) is 1. The Morgan fingerprint density at radius 2 is 0.815 bits per heavy atom. The lowest BCUT2D eigenvalue weighted by Crippen LogP contribution is -2.36. The number of aliphatic hydroxyl groups is 1. The molecular formula is C24H53N2O+. The molecule has 0 radical (unpaired) electrons. The van der Waals surface area contributed by atoms with Gasteiger partial charge in [0.15, 0.2) is 0 Å². The molecule has 0 aromatic heterocycles. The minimum absolute atomic E-state index is 0.370. The predicted molar refractivity (Wildman–Crippen MR) is 121 cm³/mol. The molecular weight excluding hydrogens is 332 g/mol. The van der Waals surface area contributed by atoms with E-state index in [-0.39, 0.29) is 0 Å². The molecule has 0 saturated carbocycles. The van der Waals surface area contributed by atoms with Crippen LogP contribution in [0.3, 0.4) is 0 Å². The summed E-state index contributed by atoms with van der Waals surface area (Å²) in [5.41, 5.74) is 0. The topological polar surface area (TPSA) is 32.3 Å². The van der Waals surface area contributed by atoms with Gasteiger partial charge in [0.2, 0.25) is 0 Å². The molecule has 2 N–H and O–H groups in total. The molecule has 0 fully saturated rings. The third-order valence-electron chi connectivity index (χ3n) is 5.44. The average molecular weight is 386 g/mol. The summed E-state index contributed by atoms with van der Waals surface area (Å²) in [6, 6.07) is 0. The van der Waals surface area contributed by atoms with Crippen molar-refractivity contribution < 1.29 is 9.59 Å². The van der Waals surface area contributed by atoms with Crippen molar-refractivity contribution in [3.63, 3.8) is 0 Å². The zero-order valence-corrected chi connectivity index (χ0v) is 19.2. The second-order valence-corrected chi connectivity index (χ2v) is 9.50. The molecule has 164 valence electrons. The van der Waals surface area contributed by atoms with Crippen LogP contribution in [0, 0.1) is 0 Å². The van der Waals surface area contributed by atoms with Gasteiger partial charge < -0.3 is 14.9 Å². The molecule has 0 amide bonds. The Morgan fingerprint density at radius 3 is 1.19 bits per heavy atom. The molecule has 0 bridgehead atoms. The van der Waals surface area contributed by atoms with Gasteiger partial charge in [-0.2, -0.15) is 0 Å². The van der Waals surface area contributed by atoms with Gasteiger partial charge in [-0.3, -0.25) is 0 Å². The summed E-state index contributed by atoms with van der Waals surface area (Å²) in [7, 11) is 6.80. The van der Waals surface area contributed by atoms with Gasteiger partial charge in [0.25, 0.3) is 0 Å². The fourth-order valence-electron chi connectivity index (χ4n) is 3.64. The van der Waals surface area contributed by atoms with Crippen molar-refractivity contribution >= 4 is 0 Å². The standard InChI is InChI=1S/C24H53N2O/c1-26(2,3)23-20-22-25-21-18-16-14-12-10-8-6-4-5-7-9-11-13-15-17-19-24-27/h25,27H,4-24H2,1-3H3/q+1. The molecule has 0 heterocycles. The Bertz CT molecular complexity index is 276. The Balaban J connectivity index is 3.01. The van der Waals surface area contributed by atoms with Crippen molar-refractivity contribution in [1.29, 1.82) is 0 Å². The third kappa shape index (κ3) is 25.9. The van der Waals surface area contributed by atoms with E-state index in [0.717, 1.165) is 10.9 Å². The first-order valence-electron chi connectivity index (χ1n) is 12.2. The van der Waals surface area contributed by atoms with Crippen LogP contribution in [0.2, 0.25) is 0 Å². The highest BCUT2D eigenvalue weighted by atomic mass is 16.2.